The number of hydrogen-bond donors (Lipinski definition) is 1. The third-order valence-electron chi connectivity index (χ3n) is 4.58. The van der Waals surface area contributed by atoms with E-state index in [4.69, 9.17) is 16.0 Å². The first-order chi connectivity index (χ1) is 12.6. The molecule has 1 N–H and O–H groups in total. The van der Waals surface area contributed by atoms with Crippen LogP contribution in [0.1, 0.15) is 23.2 Å². The van der Waals surface area contributed by atoms with E-state index in [1.807, 2.05) is 30.3 Å². The number of para-hydroxylation sites is 2. The lowest BCUT2D eigenvalue weighted by Gasteiger charge is -2.23. The summed E-state index contributed by atoms with van der Waals surface area (Å²) < 4.78 is 6.70. The van der Waals surface area contributed by atoms with Gasteiger partial charge in [-0.25, -0.2) is 0 Å². The molecule has 2 heterocycles. The lowest BCUT2D eigenvalue weighted by atomic mass is 10.2. The Bertz CT molecular complexity index is 926. The van der Waals surface area contributed by atoms with Crippen molar-refractivity contribution in [2.75, 3.05) is 18.0 Å². The predicted molar refractivity (Wildman–Crippen MR) is 106 cm³/mol. The van der Waals surface area contributed by atoms with Crippen LogP contribution in [0.2, 0.25) is 5.02 Å². The van der Waals surface area contributed by atoms with E-state index in [0.717, 1.165) is 35.0 Å². The van der Waals surface area contributed by atoms with Crippen molar-refractivity contribution in [3.63, 3.8) is 0 Å². The highest BCUT2D eigenvalue weighted by Crippen LogP contribution is 2.28. The number of aromatic nitrogens is 1. The normalized spacial score (nSPS) is 17.0. The maximum atomic E-state index is 12.5. The molecule has 0 bridgehead atoms. The van der Waals surface area contributed by atoms with Crippen LogP contribution in [-0.4, -0.2) is 30.0 Å². The van der Waals surface area contributed by atoms with Gasteiger partial charge in [-0.2, -0.15) is 4.98 Å². The number of nitrogens with one attached hydrogen (secondary N) is 1. The number of fused-ring (bicyclic) bond motifs is 1. The van der Waals surface area contributed by atoms with Crippen LogP contribution in [0.5, 0.6) is 0 Å². The minimum absolute atomic E-state index is 0.151. The number of benzene rings is 2. The molecule has 1 fully saturated rings. The highest BCUT2D eigenvalue weighted by atomic mass is 79.9. The van der Waals surface area contributed by atoms with E-state index < -0.39 is 0 Å². The Morgan fingerprint density at radius 1 is 1.35 bits per heavy atom. The second-order valence-electron chi connectivity index (χ2n) is 6.29. The molecule has 4 rings (SSSR count). The summed E-state index contributed by atoms with van der Waals surface area (Å²) >= 11 is 9.51. The van der Waals surface area contributed by atoms with E-state index in [1.54, 1.807) is 12.1 Å². The first-order valence-electron chi connectivity index (χ1n) is 8.47. The highest BCUT2D eigenvalue weighted by Gasteiger charge is 2.29. The van der Waals surface area contributed by atoms with Crippen LogP contribution in [0.15, 0.2) is 51.4 Å². The van der Waals surface area contributed by atoms with Gasteiger partial charge in [0.05, 0.1) is 16.6 Å². The summed E-state index contributed by atoms with van der Waals surface area (Å²) in [7, 11) is 0. The first kappa shape index (κ1) is 17.4. The molecule has 1 aliphatic heterocycles. The topological polar surface area (TPSA) is 58.4 Å². The van der Waals surface area contributed by atoms with E-state index in [9.17, 15) is 4.79 Å². The smallest absolute Gasteiger partial charge is 0.298 e. The van der Waals surface area contributed by atoms with Gasteiger partial charge in [0, 0.05) is 17.6 Å². The van der Waals surface area contributed by atoms with Crippen LogP contribution in [0.25, 0.3) is 11.1 Å². The maximum Gasteiger partial charge on any atom is 0.298 e. The average Bonchev–Trinajstić information content (AvgIpc) is 3.27. The minimum Gasteiger partial charge on any atom is -0.423 e. The molecule has 3 aromatic rings. The lowest BCUT2D eigenvalue weighted by Crippen LogP contribution is -2.40. The molecular weight excluding hydrogens is 418 g/mol. The summed E-state index contributed by atoms with van der Waals surface area (Å²) in [6.45, 7) is 1.38. The highest BCUT2D eigenvalue weighted by molar-refractivity contribution is 9.10. The number of anilines is 1. The van der Waals surface area contributed by atoms with Gasteiger partial charge >= 0.3 is 0 Å². The van der Waals surface area contributed by atoms with Gasteiger partial charge in [-0.1, -0.05) is 39.7 Å². The zero-order valence-corrected chi connectivity index (χ0v) is 16.3. The molecule has 26 heavy (non-hydrogen) atoms. The van der Waals surface area contributed by atoms with Crippen LogP contribution in [0.4, 0.5) is 6.01 Å². The number of hydrogen-bond acceptors (Lipinski definition) is 4. The molecule has 1 saturated heterocycles. The number of halogens is 2. The van der Waals surface area contributed by atoms with Gasteiger partial charge in [-0.05, 0) is 43.2 Å². The maximum absolute atomic E-state index is 12.5. The molecule has 2 aromatic carbocycles. The predicted octanol–water partition coefficient (Wildman–Crippen LogP) is 4.64. The zero-order chi connectivity index (χ0) is 18.1. The Kier molecular flexibility index (Phi) is 4.87. The second-order valence-corrected chi connectivity index (χ2v) is 7.61. The van der Waals surface area contributed by atoms with Crippen LogP contribution in [-0.2, 0) is 0 Å². The molecule has 0 saturated carbocycles. The van der Waals surface area contributed by atoms with Crippen LogP contribution < -0.4 is 10.2 Å². The van der Waals surface area contributed by atoms with Crippen molar-refractivity contribution in [3.8, 4) is 0 Å². The Hall–Kier alpha value is -2.05. The SMILES string of the molecule is O=C(NC[C@H]1CCCN1c1nc2ccccc2o1)c1cc(Br)ccc1Cl. The van der Waals surface area contributed by atoms with Crippen LogP contribution >= 0.6 is 27.5 Å². The average molecular weight is 435 g/mol. The van der Waals surface area contributed by atoms with Crippen molar-refractivity contribution >= 4 is 50.6 Å². The Balaban J connectivity index is 1.47. The summed E-state index contributed by atoms with van der Waals surface area (Å²) in [4.78, 5) is 19.2. The fraction of sp³-hybridized carbons (Fsp3) is 0.263. The third kappa shape index (κ3) is 3.44. The Morgan fingerprint density at radius 3 is 3.04 bits per heavy atom. The summed E-state index contributed by atoms with van der Waals surface area (Å²) in [6.07, 6.45) is 2.02. The van der Waals surface area contributed by atoms with E-state index in [2.05, 4.69) is 31.1 Å². The second kappa shape index (κ2) is 7.29. The number of oxazole rings is 1. The molecular formula is C19H17BrClN3O2. The molecule has 1 atom stereocenters. The van der Waals surface area contributed by atoms with Gasteiger partial charge in [-0.15, -0.1) is 0 Å². The Labute approximate surface area is 164 Å². The van der Waals surface area contributed by atoms with Gasteiger partial charge in [0.25, 0.3) is 11.9 Å². The van der Waals surface area contributed by atoms with Gasteiger partial charge in [0.2, 0.25) is 0 Å². The summed E-state index contributed by atoms with van der Waals surface area (Å²) in [5.74, 6) is -0.180. The number of carbonyl (C=O) groups is 1. The molecule has 0 radical (unpaired) electrons. The molecule has 5 nitrogen and oxygen atoms in total. The molecule has 0 unspecified atom stereocenters. The molecule has 0 spiro atoms. The lowest BCUT2D eigenvalue weighted by molar-refractivity contribution is 0.0951. The van der Waals surface area contributed by atoms with E-state index in [0.29, 0.717) is 23.1 Å². The van der Waals surface area contributed by atoms with Gasteiger partial charge < -0.3 is 14.6 Å². The molecule has 1 amide bonds. The van der Waals surface area contributed by atoms with Gasteiger partial charge in [0.15, 0.2) is 5.58 Å². The summed E-state index contributed by atoms with van der Waals surface area (Å²) in [5.41, 5.74) is 2.09. The van der Waals surface area contributed by atoms with Crippen molar-refractivity contribution in [2.45, 2.75) is 18.9 Å². The minimum atomic E-state index is -0.180. The first-order valence-corrected chi connectivity index (χ1v) is 9.64. The number of nitrogens with zero attached hydrogens (tertiary/aromatic N) is 2. The molecule has 134 valence electrons. The number of carbonyl (C=O) groups excluding carboxylic acids is 1. The molecule has 0 aliphatic carbocycles. The van der Waals surface area contributed by atoms with Crippen molar-refractivity contribution in [1.82, 2.24) is 10.3 Å². The van der Waals surface area contributed by atoms with Gasteiger partial charge in [0.1, 0.15) is 5.52 Å². The fourth-order valence-corrected chi connectivity index (χ4v) is 3.82. The molecule has 1 aliphatic rings. The third-order valence-corrected chi connectivity index (χ3v) is 5.40. The van der Waals surface area contributed by atoms with Crippen LogP contribution in [0.3, 0.4) is 0 Å². The van der Waals surface area contributed by atoms with Crippen molar-refractivity contribution < 1.29 is 9.21 Å². The quantitative estimate of drug-likeness (QED) is 0.650. The molecule has 1 aromatic heterocycles. The van der Waals surface area contributed by atoms with Crippen molar-refractivity contribution in [1.29, 1.82) is 0 Å². The fourth-order valence-electron chi connectivity index (χ4n) is 3.26. The summed E-state index contributed by atoms with van der Waals surface area (Å²) in [6, 6.07) is 13.7. The van der Waals surface area contributed by atoms with Crippen molar-refractivity contribution in [2.24, 2.45) is 0 Å². The number of rotatable bonds is 4. The molecule has 7 heteroatoms. The summed E-state index contributed by atoms with van der Waals surface area (Å²) in [5, 5.41) is 3.43. The number of amides is 1. The standard InChI is InChI=1S/C19H17BrClN3O2/c20-12-7-8-15(21)14(10-12)18(25)22-11-13-4-3-9-24(13)19-23-16-5-1-2-6-17(16)26-19/h1-2,5-8,10,13H,3-4,9,11H2,(H,22,25)/t13-/m1/s1. The van der Waals surface area contributed by atoms with E-state index >= 15 is 0 Å². The zero-order valence-electron chi connectivity index (χ0n) is 13.9. The largest absolute Gasteiger partial charge is 0.423 e. The van der Waals surface area contributed by atoms with Crippen LogP contribution in [0, 0.1) is 0 Å². The van der Waals surface area contributed by atoms with Crippen molar-refractivity contribution in [3.05, 3.63) is 57.5 Å². The Morgan fingerprint density at radius 2 is 2.19 bits per heavy atom. The monoisotopic (exact) mass is 433 g/mol. The van der Waals surface area contributed by atoms with E-state index in [-0.39, 0.29) is 11.9 Å². The van der Waals surface area contributed by atoms with Gasteiger partial charge in [-0.3, -0.25) is 4.79 Å². The van der Waals surface area contributed by atoms with E-state index in [1.165, 1.54) is 0 Å².